The molecule has 0 aliphatic carbocycles. The number of anilines is 2. The van der Waals surface area contributed by atoms with Crippen LogP contribution < -0.4 is 10.5 Å². The number of H-pyrrole nitrogens is 1. The molecule has 0 amide bonds. The number of nitrogens with two attached hydrogens (primary N) is 1. The lowest BCUT2D eigenvalue weighted by atomic mass is 10.1. The van der Waals surface area contributed by atoms with Gasteiger partial charge in [-0.3, -0.25) is 5.10 Å². The zero-order chi connectivity index (χ0) is 19.8. The number of nitrogens with one attached hydrogen (secondary N) is 2. The van der Waals surface area contributed by atoms with Crippen LogP contribution in [0, 0.1) is 11.6 Å². The minimum atomic E-state index is -1.96. The Hall–Kier alpha value is -2.95. The van der Waals surface area contributed by atoms with Crippen molar-refractivity contribution in [3.63, 3.8) is 0 Å². The van der Waals surface area contributed by atoms with E-state index in [4.69, 9.17) is 17.3 Å². The minimum absolute atomic E-state index is 0.247. The molecule has 11 heteroatoms. The minimum Gasteiger partial charge on any atom is -0.588 e. The summed E-state index contributed by atoms with van der Waals surface area (Å²) >= 11 is 3.67. The zero-order valence-electron chi connectivity index (χ0n) is 13.9. The van der Waals surface area contributed by atoms with Crippen molar-refractivity contribution in [1.29, 1.82) is 0 Å². The molecule has 0 saturated heterocycles. The highest BCUT2D eigenvalue weighted by Crippen LogP contribution is 2.26. The number of aromatic amines is 1. The summed E-state index contributed by atoms with van der Waals surface area (Å²) < 4.78 is 42.0. The third-order valence-corrected chi connectivity index (χ3v) is 5.29. The molecule has 0 fully saturated rings. The number of halogens is 3. The van der Waals surface area contributed by atoms with Gasteiger partial charge >= 0.3 is 0 Å². The van der Waals surface area contributed by atoms with Crippen molar-refractivity contribution in [2.24, 2.45) is 0 Å². The predicted octanol–water partition coefficient (Wildman–Crippen LogP) is 3.67. The second-order valence-corrected chi connectivity index (χ2v) is 7.29. The van der Waals surface area contributed by atoms with Crippen LogP contribution in [-0.4, -0.2) is 24.7 Å². The fraction of sp³-hybridized carbons (Fsp3) is 0. The number of benzene rings is 2. The Morgan fingerprint density at radius 2 is 1.89 bits per heavy atom. The summed E-state index contributed by atoms with van der Waals surface area (Å²) in [6.45, 7) is 0. The van der Waals surface area contributed by atoms with Crippen molar-refractivity contribution in [2.75, 3.05) is 10.5 Å². The van der Waals surface area contributed by atoms with Crippen molar-refractivity contribution in [3.8, 4) is 11.3 Å². The van der Waals surface area contributed by atoms with Gasteiger partial charge in [-0.25, -0.2) is 23.5 Å². The third-order valence-electron chi connectivity index (χ3n) is 3.86. The molecule has 4 rings (SSSR count). The van der Waals surface area contributed by atoms with Gasteiger partial charge in [-0.15, -0.1) is 0 Å². The molecule has 0 radical (unpaired) electrons. The third kappa shape index (κ3) is 3.44. The van der Waals surface area contributed by atoms with Crippen LogP contribution in [0.25, 0.3) is 22.4 Å². The van der Waals surface area contributed by atoms with Crippen molar-refractivity contribution in [2.45, 2.75) is 4.90 Å². The van der Waals surface area contributed by atoms with Gasteiger partial charge in [-0.1, -0.05) is 23.7 Å². The fourth-order valence-corrected chi connectivity index (χ4v) is 3.63. The van der Waals surface area contributed by atoms with Crippen LogP contribution in [0.2, 0.25) is 5.02 Å². The molecule has 4 aromatic rings. The molecule has 2 aromatic carbocycles. The Balaban J connectivity index is 1.55. The van der Waals surface area contributed by atoms with Crippen molar-refractivity contribution >= 4 is 45.6 Å². The lowest BCUT2D eigenvalue weighted by Gasteiger charge is -2.13. The first-order valence-corrected chi connectivity index (χ1v) is 9.35. The molecule has 142 valence electrons. The summed E-state index contributed by atoms with van der Waals surface area (Å²) in [5, 5.41) is 6.23. The van der Waals surface area contributed by atoms with Crippen LogP contribution in [0.15, 0.2) is 47.5 Å². The Morgan fingerprint density at radius 3 is 2.64 bits per heavy atom. The lowest BCUT2D eigenvalue weighted by Crippen LogP contribution is -2.15. The normalized spacial score (nSPS) is 12.3. The quantitative estimate of drug-likeness (QED) is 0.342. The van der Waals surface area contributed by atoms with Crippen molar-refractivity contribution < 1.29 is 13.3 Å². The van der Waals surface area contributed by atoms with Gasteiger partial charge in [0.15, 0.2) is 22.8 Å². The second kappa shape index (κ2) is 7.23. The molecule has 1 unspecified atom stereocenters. The number of aromatic nitrogens is 4. The number of fused-ring (bicyclic) bond motifs is 1. The van der Waals surface area contributed by atoms with Gasteiger partial charge < -0.3 is 10.3 Å². The van der Waals surface area contributed by atoms with Gasteiger partial charge in [0.05, 0.1) is 22.6 Å². The highest BCUT2D eigenvalue weighted by molar-refractivity contribution is 7.92. The summed E-state index contributed by atoms with van der Waals surface area (Å²) in [5.41, 5.74) is 8.40. The lowest BCUT2D eigenvalue weighted by molar-refractivity contribution is 0.550. The average Bonchev–Trinajstić information content (AvgIpc) is 3.05. The van der Waals surface area contributed by atoms with Crippen LogP contribution in [0.5, 0.6) is 0 Å². The molecule has 0 bridgehead atoms. The van der Waals surface area contributed by atoms with E-state index in [1.54, 1.807) is 30.5 Å². The molecular formula is C17H11ClF2N6OS. The Labute approximate surface area is 165 Å². The molecule has 28 heavy (non-hydrogen) atoms. The van der Waals surface area contributed by atoms with E-state index in [2.05, 4.69) is 24.9 Å². The van der Waals surface area contributed by atoms with Gasteiger partial charge in [0.2, 0.25) is 4.90 Å². The van der Waals surface area contributed by atoms with Crippen LogP contribution >= 0.6 is 11.6 Å². The summed E-state index contributed by atoms with van der Waals surface area (Å²) in [7, 11) is 0. The first-order chi connectivity index (χ1) is 13.4. The van der Waals surface area contributed by atoms with Crippen LogP contribution in [-0.2, 0) is 11.4 Å². The molecule has 0 aliphatic rings. The molecule has 2 aromatic heterocycles. The second-order valence-electron chi connectivity index (χ2n) is 5.71. The van der Waals surface area contributed by atoms with Crippen LogP contribution in [0.4, 0.5) is 20.3 Å². The van der Waals surface area contributed by atoms with Gasteiger partial charge in [0.1, 0.15) is 17.2 Å². The largest absolute Gasteiger partial charge is 0.588 e. The molecule has 0 spiro atoms. The van der Waals surface area contributed by atoms with E-state index in [1.807, 2.05) is 0 Å². The van der Waals surface area contributed by atoms with Crippen molar-refractivity contribution in [3.05, 3.63) is 59.3 Å². The van der Waals surface area contributed by atoms with Gasteiger partial charge in [-0.05, 0) is 12.1 Å². The summed E-state index contributed by atoms with van der Waals surface area (Å²) in [4.78, 5) is 8.37. The summed E-state index contributed by atoms with van der Waals surface area (Å²) in [6, 6.07) is 8.32. The predicted molar refractivity (Wildman–Crippen MR) is 103 cm³/mol. The molecule has 0 saturated carbocycles. The SMILES string of the molecule is Nc1n[nH]c2nc(-c3ccc(N[S+]([O-])c4cc(Cl)c(F)cc4F)cc3)cnc12. The molecule has 2 heterocycles. The van der Waals surface area contributed by atoms with Gasteiger partial charge in [-0.2, -0.15) is 5.10 Å². The zero-order valence-corrected chi connectivity index (χ0v) is 15.5. The van der Waals surface area contributed by atoms with E-state index < -0.39 is 23.0 Å². The Bertz CT molecular complexity index is 1170. The summed E-state index contributed by atoms with van der Waals surface area (Å²) in [6.07, 6.45) is 1.56. The van der Waals surface area contributed by atoms with Gasteiger partial charge in [0, 0.05) is 17.7 Å². The maximum absolute atomic E-state index is 13.8. The Morgan fingerprint density at radius 1 is 1.14 bits per heavy atom. The number of hydrogen-bond donors (Lipinski definition) is 3. The first-order valence-electron chi connectivity index (χ1n) is 7.82. The summed E-state index contributed by atoms with van der Waals surface area (Å²) in [5.74, 6) is -1.60. The molecule has 0 aliphatic heterocycles. The number of nitrogen functional groups attached to an aromatic ring is 1. The van der Waals surface area contributed by atoms with Crippen molar-refractivity contribution in [1.82, 2.24) is 20.2 Å². The molecular weight excluding hydrogens is 410 g/mol. The topological polar surface area (TPSA) is 116 Å². The maximum Gasteiger partial charge on any atom is 0.217 e. The number of nitrogens with zero attached hydrogens (tertiary/aromatic N) is 3. The standard InChI is InChI=1S/C17H11ClF2N6OS/c18-10-5-14(12(20)6-11(10)19)28(27)26-9-3-1-8(2-4-9)13-7-22-15-16(21)24-25-17(15)23-13/h1-7,26H,(H3,21,23,24,25). The smallest absolute Gasteiger partial charge is 0.217 e. The van der Waals surface area contributed by atoms with E-state index in [-0.39, 0.29) is 15.7 Å². The van der Waals surface area contributed by atoms with Crippen LogP contribution in [0.3, 0.4) is 0 Å². The Kier molecular flexibility index (Phi) is 4.75. The van der Waals surface area contributed by atoms with E-state index in [0.717, 1.165) is 11.6 Å². The number of rotatable bonds is 4. The van der Waals surface area contributed by atoms with Gasteiger partial charge in [0.25, 0.3) is 0 Å². The van der Waals surface area contributed by atoms with E-state index in [0.29, 0.717) is 28.6 Å². The highest BCUT2D eigenvalue weighted by Gasteiger charge is 2.21. The van der Waals surface area contributed by atoms with E-state index in [9.17, 15) is 13.3 Å². The average molecular weight is 421 g/mol. The first kappa shape index (κ1) is 18.4. The number of hydrogen-bond acceptors (Lipinski definition) is 6. The molecule has 1 atom stereocenters. The van der Waals surface area contributed by atoms with E-state index in [1.165, 1.54) is 0 Å². The fourth-order valence-electron chi connectivity index (χ4n) is 2.48. The maximum atomic E-state index is 13.8. The van der Waals surface area contributed by atoms with E-state index >= 15 is 0 Å². The molecule has 7 nitrogen and oxygen atoms in total. The molecule has 4 N–H and O–H groups in total. The van der Waals surface area contributed by atoms with Crippen LogP contribution in [0.1, 0.15) is 0 Å². The monoisotopic (exact) mass is 420 g/mol. The highest BCUT2D eigenvalue weighted by atomic mass is 35.5.